The molecule has 4 aromatic rings. The maximum atomic E-state index is 14.2. The number of alkyl halides is 3. The molecule has 2 aliphatic rings. The fourth-order valence-corrected chi connectivity index (χ4v) is 5.40. The van der Waals surface area contributed by atoms with E-state index in [4.69, 9.17) is 11.6 Å². The van der Waals surface area contributed by atoms with Crippen molar-refractivity contribution in [1.82, 2.24) is 9.47 Å². The fourth-order valence-electron chi connectivity index (χ4n) is 5.20. The van der Waals surface area contributed by atoms with Gasteiger partial charge in [0.2, 0.25) is 5.91 Å². The van der Waals surface area contributed by atoms with Crippen LogP contribution in [0.25, 0.3) is 5.69 Å². The average molecular weight is 550 g/mol. The van der Waals surface area contributed by atoms with E-state index < -0.39 is 23.7 Å². The minimum Gasteiger partial charge on any atom is -0.326 e. The maximum absolute atomic E-state index is 14.2. The van der Waals surface area contributed by atoms with Gasteiger partial charge in [-0.3, -0.25) is 14.5 Å². The molecule has 9 heteroatoms. The molecular weight excluding hydrogens is 527 g/mol. The molecule has 0 radical (unpaired) electrons. The summed E-state index contributed by atoms with van der Waals surface area (Å²) in [7, 11) is 0. The topological polar surface area (TPSA) is 45.6 Å². The van der Waals surface area contributed by atoms with Crippen molar-refractivity contribution in [2.75, 3.05) is 11.4 Å². The molecule has 0 unspecified atom stereocenters. The second kappa shape index (κ2) is 9.61. The van der Waals surface area contributed by atoms with Gasteiger partial charge < -0.3 is 9.47 Å². The number of halogens is 4. The number of carbonyl (C=O) groups is 2. The van der Waals surface area contributed by atoms with Gasteiger partial charge in [-0.25, -0.2) is 0 Å². The lowest BCUT2D eigenvalue weighted by Gasteiger charge is -2.39. The molecule has 2 heterocycles. The molecule has 1 fully saturated rings. The third-order valence-corrected chi connectivity index (χ3v) is 7.40. The number of carbonyl (C=O) groups excluding carboxylic acids is 2. The first kappa shape index (κ1) is 25.2. The van der Waals surface area contributed by atoms with Crippen molar-refractivity contribution in [2.45, 2.75) is 31.1 Å². The van der Waals surface area contributed by atoms with Crippen molar-refractivity contribution in [2.24, 2.45) is 0 Å². The van der Waals surface area contributed by atoms with E-state index in [0.29, 0.717) is 10.7 Å². The Balaban J connectivity index is 1.37. The van der Waals surface area contributed by atoms with Gasteiger partial charge >= 0.3 is 6.18 Å². The van der Waals surface area contributed by atoms with E-state index in [9.17, 15) is 22.8 Å². The van der Waals surface area contributed by atoms with Crippen LogP contribution in [-0.2, 0) is 11.0 Å². The van der Waals surface area contributed by atoms with Crippen LogP contribution >= 0.6 is 11.6 Å². The van der Waals surface area contributed by atoms with Gasteiger partial charge in [0, 0.05) is 22.8 Å². The number of benzene rings is 3. The Bertz CT molecular complexity index is 1560. The van der Waals surface area contributed by atoms with Crippen LogP contribution < -0.4 is 4.90 Å². The Morgan fingerprint density at radius 1 is 0.897 bits per heavy atom. The normalized spacial score (nSPS) is 16.4. The Kier molecular flexibility index (Phi) is 6.22. The number of rotatable bonds is 5. The molecule has 5 nitrogen and oxygen atoms in total. The molecule has 0 spiro atoms. The zero-order chi connectivity index (χ0) is 27.3. The Morgan fingerprint density at radius 3 is 2.28 bits per heavy atom. The van der Waals surface area contributed by atoms with E-state index in [1.165, 1.54) is 17.0 Å². The molecular formula is C30H23ClF3N3O2. The summed E-state index contributed by atoms with van der Waals surface area (Å²) in [6.07, 6.45) is -1.09. The van der Waals surface area contributed by atoms with E-state index in [2.05, 4.69) is 0 Å². The van der Waals surface area contributed by atoms with Gasteiger partial charge in [0.05, 0.1) is 22.6 Å². The number of fused-ring (bicyclic) bond motifs is 3. The molecule has 0 bridgehead atoms. The maximum Gasteiger partial charge on any atom is 0.416 e. The van der Waals surface area contributed by atoms with Crippen LogP contribution in [0, 0.1) is 0 Å². The third-order valence-electron chi connectivity index (χ3n) is 7.17. The number of hydrogen-bond donors (Lipinski definition) is 0. The van der Waals surface area contributed by atoms with Crippen molar-refractivity contribution in [1.29, 1.82) is 0 Å². The number of anilines is 1. The van der Waals surface area contributed by atoms with E-state index in [-0.39, 0.29) is 24.1 Å². The van der Waals surface area contributed by atoms with Crippen LogP contribution in [0.2, 0.25) is 5.02 Å². The van der Waals surface area contributed by atoms with Crippen molar-refractivity contribution in [3.8, 4) is 5.69 Å². The summed E-state index contributed by atoms with van der Waals surface area (Å²) in [4.78, 5) is 30.8. The van der Waals surface area contributed by atoms with Gasteiger partial charge in [-0.2, -0.15) is 13.2 Å². The largest absolute Gasteiger partial charge is 0.416 e. The second-order valence-corrected chi connectivity index (χ2v) is 10.2. The average Bonchev–Trinajstić information content (AvgIpc) is 3.65. The smallest absolute Gasteiger partial charge is 0.326 e. The molecule has 39 heavy (non-hydrogen) atoms. The molecule has 1 aromatic heterocycles. The highest BCUT2D eigenvalue weighted by molar-refractivity contribution is 6.30. The van der Waals surface area contributed by atoms with E-state index >= 15 is 0 Å². The van der Waals surface area contributed by atoms with Crippen LogP contribution in [0.3, 0.4) is 0 Å². The fraction of sp³-hybridized carbons (Fsp3) is 0.200. The summed E-state index contributed by atoms with van der Waals surface area (Å²) < 4.78 is 41.2. The number of amides is 2. The highest BCUT2D eigenvalue weighted by atomic mass is 35.5. The summed E-state index contributed by atoms with van der Waals surface area (Å²) in [5.74, 6) is -0.764. The number of nitrogens with zero attached hydrogens (tertiary/aromatic N) is 3. The molecule has 2 amide bonds. The number of aromatic nitrogens is 1. The lowest BCUT2D eigenvalue weighted by Crippen LogP contribution is -2.47. The summed E-state index contributed by atoms with van der Waals surface area (Å²) in [5.41, 5.74) is 2.49. The zero-order valence-electron chi connectivity index (χ0n) is 20.6. The van der Waals surface area contributed by atoms with Crippen molar-refractivity contribution >= 4 is 29.1 Å². The van der Waals surface area contributed by atoms with Gasteiger partial charge in [0.15, 0.2) is 0 Å². The monoisotopic (exact) mass is 549 g/mol. The summed E-state index contributed by atoms with van der Waals surface area (Å²) in [5, 5.41) is 0.536. The van der Waals surface area contributed by atoms with Crippen LogP contribution in [0.1, 0.15) is 46.1 Å². The minimum atomic E-state index is -4.50. The highest BCUT2D eigenvalue weighted by Crippen LogP contribution is 2.43. The summed E-state index contributed by atoms with van der Waals surface area (Å²) in [6, 6.07) is 22.2. The van der Waals surface area contributed by atoms with Gasteiger partial charge in [0.25, 0.3) is 5.91 Å². The lowest BCUT2D eigenvalue weighted by atomic mass is 9.97. The third kappa shape index (κ3) is 4.69. The Labute approximate surface area is 228 Å². The van der Waals surface area contributed by atoms with Crippen molar-refractivity contribution < 1.29 is 22.8 Å². The first-order valence-corrected chi connectivity index (χ1v) is 12.9. The zero-order valence-corrected chi connectivity index (χ0v) is 21.4. The quantitative estimate of drug-likeness (QED) is 0.272. The molecule has 198 valence electrons. The minimum absolute atomic E-state index is 0.113. The van der Waals surface area contributed by atoms with Gasteiger partial charge in [-0.15, -0.1) is 0 Å². The highest BCUT2D eigenvalue weighted by Gasteiger charge is 2.40. The first-order chi connectivity index (χ1) is 18.7. The molecule has 6 rings (SSSR count). The predicted octanol–water partition coefficient (Wildman–Crippen LogP) is 6.89. The van der Waals surface area contributed by atoms with Crippen LogP contribution in [-0.4, -0.2) is 33.9 Å². The summed E-state index contributed by atoms with van der Waals surface area (Å²) in [6.45, 7) is -0.212. The Morgan fingerprint density at radius 2 is 1.62 bits per heavy atom. The molecule has 0 N–H and O–H groups in total. The number of hydrogen-bond acceptors (Lipinski definition) is 2. The van der Waals surface area contributed by atoms with Crippen LogP contribution in [0.4, 0.5) is 18.9 Å². The molecule has 3 aromatic carbocycles. The predicted molar refractivity (Wildman–Crippen MR) is 142 cm³/mol. The standard InChI is InChI=1S/C30H23ClF3N3O2/c31-22-6-3-5-20(17-22)28-26-9-4-16-35(26)24-7-1-2-8-25(24)37(28)27(38)18-36(23-14-15-23)29(39)19-10-12-21(13-11-19)30(32,33)34/h1-13,16-17,23,28H,14-15,18H2/t28-/m0/s1. The van der Waals surface area contributed by atoms with Crippen molar-refractivity contribution in [3.63, 3.8) is 0 Å². The number of para-hydroxylation sites is 2. The lowest BCUT2D eigenvalue weighted by molar-refractivity contribution is -0.137. The molecule has 1 saturated carbocycles. The molecule has 1 aliphatic heterocycles. The van der Waals surface area contributed by atoms with Crippen molar-refractivity contribution in [3.05, 3.63) is 119 Å². The molecule has 1 aliphatic carbocycles. The van der Waals surface area contributed by atoms with E-state index in [0.717, 1.165) is 41.9 Å². The second-order valence-electron chi connectivity index (χ2n) is 9.75. The summed E-state index contributed by atoms with van der Waals surface area (Å²) >= 11 is 6.34. The molecule has 1 atom stereocenters. The van der Waals surface area contributed by atoms with Gasteiger partial charge in [-0.1, -0.05) is 35.9 Å². The molecule has 0 saturated heterocycles. The SMILES string of the molecule is O=C(c1ccc(C(F)(F)F)cc1)N(CC(=O)N1c2ccccc2-n2cccc2[C@@H]1c1cccc(Cl)c1)C1CC1. The van der Waals surface area contributed by atoms with Gasteiger partial charge in [0.1, 0.15) is 12.6 Å². The first-order valence-electron chi connectivity index (χ1n) is 12.5. The van der Waals surface area contributed by atoms with E-state index in [1.54, 1.807) is 11.0 Å². The van der Waals surface area contributed by atoms with Crippen LogP contribution in [0.15, 0.2) is 91.1 Å². The van der Waals surface area contributed by atoms with Crippen LogP contribution in [0.5, 0.6) is 0 Å². The van der Waals surface area contributed by atoms with Gasteiger partial charge in [-0.05, 0) is 79.1 Å². The Hall–Kier alpha value is -4.04. The van der Waals surface area contributed by atoms with E-state index in [1.807, 2.05) is 65.4 Å².